The minimum absolute atomic E-state index is 0.251. The summed E-state index contributed by atoms with van der Waals surface area (Å²) >= 11 is 0. The molecule has 5 nitrogen and oxygen atoms in total. The highest BCUT2D eigenvalue weighted by atomic mass is 16.3. The summed E-state index contributed by atoms with van der Waals surface area (Å²) in [5.74, 6) is 2.34. The normalized spacial score (nSPS) is 20.8. The number of hydrogen-bond acceptors (Lipinski definition) is 5. The Morgan fingerprint density at radius 1 is 1.50 bits per heavy atom. The van der Waals surface area contributed by atoms with Gasteiger partial charge in [-0.05, 0) is 6.42 Å². The van der Waals surface area contributed by atoms with Crippen LogP contribution in [-0.4, -0.2) is 34.3 Å². The van der Waals surface area contributed by atoms with Gasteiger partial charge in [0.25, 0.3) is 0 Å². The van der Waals surface area contributed by atoms with Crippen LogP contribution in [0.5, 0.6) is 0 Å². The molecule has 1 aliphatic heterocycles. The Morgan fingerprint density at radius 2 is 2.25 bits per heavy atom. The zero-order valence-electron chi connectivity index (χ0n) is 9.72. The van der Waals surface area contributed by atoms with Gasteiger partial charge in [-0.3, -0.25) is 0 Å². The first kappa shape index (κ1) is 11.1. The van der Waals surface area contributed by atoms with E-state index >= 15 is 0 Å². The molecular weight excluding hydrogens is 204 g/mol. The average molecular weight is 222 g/mol. The van der Waals surface area contributed by atoms with Crippen LogP contribution in [0.2, 0.25) is 0 Å². The van der Waals surface area contributed by atoms with Gasteiger partial charge in [-0.25, -0.2) is 9.97 Å². The molecule has 0 bridgehead atoms. The van der Waals surface area contributed by atoms with Crippen LogP contribution in [-0.2, 0) is 0 Å². The molecule has 1 aromatic heterocycles. The molecule has 1 saturated heterocycles. The molecule has 0 amide bonds. The molecule has 2 rings (SSSR count). The molecule has 0 saturated carbocycles. The molecule has 1 atom stereocenters. The van der Waals surface area contributed by atoms with Crippen molar-refractivity contribution in [1.82, 2.24) is 9.97 Å². The summed E-state index contributed by atoms with van der Waals surface area (Å²) in [5, 5.41) is 9.49. The highest BCUT2D eigenvalue weighted by Gasteiger charge is 2.22. The van der Waals surface area contributed by atoms with Gasteiger partial charge in [0.1, 0.15) is 17.5 Å². The predicted octanol–water partition coefficient (Wildman–Crippen LogP) is 0.753. The fourth-order valence-electron chi connectivity index (χ4n) is 1.84. The largest absolute Gasteiger partial charge is 0.391 e. The third-order valence-electron chi connectivity index (χ3n) is 2.75. The highest BCUT2D eigenvalue weighted by Crippen LogP contribution is 2.22. The van der Waals surface area contributed by atoms with E-state index in [-0.39, 0.29) is 12.0 Å². The summed E-state index contributed by atoms with van der Waals surface area (Å²) < 4.78 is 0. The van der Waals surface area contributed by atoms with E-state index in [4.69, 9.17) is 5.73 Å². The Bertz CT molecular complexity index is 380. The van der Waals surface area contributed by atoms with E-state index in [9.17, 15) is 5.11 Å². The molecule has 0 aliphatic carbocycles. The molecule has 3 N–H and O–H groups in total. The van der Waals surface area contributed by atoms with Crippen molar-refractivity contribution >= 4 is 11.6 Å². The summed E-state index contributed by atoms with van der Waals surface area (Å²) in [6.07, 6.45) is 0.541. The maximum absolute atomic E-state index is 9.49. The SMILES string of the molecule is CC(C)c1nc(N)cc(N2CCC(O)C2)n1. The third-order valence-corrected chi connectivity index (χ3v) is 2.75. The van der Waals surface area contributed by atoms with Crippen molar-refractivity contribution in [3.8, 4) is 0 Å². The highest BCUT2D eigenvalue weighted by molar-refractivity contribution is 5.48. The Morgan fingerprint density at radius 3 is 2.81 bits per heavy atom. The summed E-state index contributed by atoms with van der Waals surface area (Å²) in [4.78, 5) is 10.7. The van der Waals surface area contributed by atoms with Gasteiger partial charge in [-0.2, -0.15) is 0 Å². The first-order valence-corrected chi connectivity index (χ1v) is 5.63. The van der Waals surface area contributed by atoms with Gasteiger partial charge in [-0.15, -0.1) is 0 Å². The number of aliphatic hydroxyl groups excluding tert-OH is 1. The van der Waals surface area contributed by atoms with Crippen LogP contribution < -0.4 is 10.6 Å². The molecule has 0 radical (unpaired) electrons. The van der Waals surface area contributed by atoms with E-state index in [1.165, 1.54) is 0 Å². The molecule has 1 fully saturated rings. The van der Waals surface area contributed by atoms with Crippen LogP contribution in [0.1, 0.15) is 32.0 Å². The van der Waals surface area contributed by atoms with Crippen molar-refractivity contribution in [3.05, 3.63) is 11.9 Å². The van der Waals surface area contributed by atoms with Crippen LogP contribution in [0.4, 0.5) is 11.6 Å². The van der Waals surface area contributed by atoms with Gasteiger partial charge in [-0.1, -0.05) is 13.8 Å². The van der Waals surface area contributed by atoms with Crippen LogP contribution in [0, 0.1) is 0 Å². The second kappa shape index (κ2) is 4.25. The first-order valence-electron chi connectivity index (χ1n) is 5.63. The second-order valence-electron chi connectivity index (χ2n) is 4.55. The minimum atomic E-state index is -0.251. The zero-order chi connectivity index (χ0) is 11.7. The fraction of sp³-hybridized carbons (Fsp3) is 0.636. The number of nitrogen functional groups attached to an aromatic ring is 1. The zero-order valence-corrected chi connectivity index (χ0v) is 9.72. The standard InChI is InChI=1S/C11H18N4O/c1-7(2)11-13-9(12)5-10(14-11)15-4-3-8(16)6-15/h5,7-8,16H,3-4,6H2,1-2H3,(H2,12,13,14). The lowest BCUT2D eigenvalue weighted by atomic mass is 10.2. The number of rotatable bonds is 2. The quantitative estimate of drug-likeness (QED) is 0.772. The number of aliphatic hydroxyl groups is 1. The van der Waals surface area contributed by atoms with E-state index < -0.39 is 0 Å². The van der Waals surface area contributed by atoms with Gasteiger partial charge in [0, 0.05) is 25.1 Å². The lowest BCUT2D eigenvalue weighted by molar-refractivity contribution is 0.198. The average Bonchev–Trinajstić information content (AvgIpc) is 2.64. The topological polar surface area (TPSA) is 75.3 Å². The molecule has 0 spiro atoms. The second-order valence-corrected chi connectivity index (χ2v) is 4.55. The summed E-state index contributed by atoms with van der Waals surface area (Å²) in [7, 11) is 0. The van der Waals surface area contributed by atoms with E-state index in [2.05, 4.69) is 14.9 Å². The molecule has 16 heavy (non-hydrogen) atoms. The maximum Gasteiger partial charge on any atom is 0.135 e. The van der Waals surface area contributed by atoms with Gasteiger partial charge >= 0.3 is 0 Å². The minimum Gasteiger partial charge on any atom is -0.391 e. The lowest BCUT2D eigenvalue weighted by Crippen LogP contribution is -2.23. The summed E-state index contributed by atoms with van der Waals surface area (Å²) in [5.41, 5.74) is 5.76. The third kappa shape index (κ3) is 2.24. The maximum atomic E-state index is 9.49. The molecular formula is C11H18N4O. The van der Waals surface area contributed by atoms with E-state index in [1.807, 2.05) is 13.8 Å². The molecule has 5 heteroatoms. The smallest absolute Gasteiger partial charge is 0.135 e. The Balaban J connectivity index is 2.27. The number of hydrogen-bond donors (Lipinski definition) is 2. The van der Waals surface area contributed by atoms with E-state index in [0.717, 1.165) is 24.6 Å². The fourth-order valence-corrected chi connectivity index (χ4v) is 1.84. The predicted molar refractivity (Wildman–Crippen MR) is 63.4 cm³/mol. The Hall–Kier alpha value is -1.36. The molecule has 2 heterocycles. The Kier molecular flexibility index (Phi) is 2.96. The number of anilines is 2. The van der Waals surface area contributed by atoms with Crippen LogP contribution >= 0.6 is 0 Å². The first-order chi connectivity index (χ1) is 7.56. The molecule has 0 aromatic carbocycles. The van der Waals surface area contributed by atoms with E-state index in [1.54, 1.807) is 6.07 Å². The number of aromatic nitrogens is 2. The van der Waals surface area contributed by atoms with Crippen LogP contribution in [0.3, 0.4) is 0 Å². The van der Waals surface area contributed by atoms with Crippen molar-refractivity contribution in [2.24, 2.45) is 0 Å². The molecule has 1 aromatic rings. The number of β-amino-alcohol motifs (C(OH)–C–C–N with tert-alkyl or cyclic N) is 1. The van der Waals surface area contributed by atoms with E-state index in [0.29, 0.717) is 12.4 Å². The molecule has 88 valence electrons. The van der Waals surface area contributed by atoms with Crippen molar-refractivity contribution < 1.29 is 5.11 Å². The number of nitrogens with zero attached hydrogens (tertiary/aromatic N) is 3. The van der Waals surface area contributed by atoms with Gasteiger partial charge in [0.15, 0.2) is 0 Å². The van der Waals surface area contributed by atoms with Gasteiger partial charge in [0.2, 0.25) is 0 Å². The molecule has 1 aliphatic rings. The van der Waals surface area contributed by atoms with Crippen molar-refractivity contribution in [1.29, 1.82) is 0 Å². The number of nitrogens with two attached hydrogens (primary N) is 1. The van der Waals surface area contributed by atoms with Crippen LogP contribution in [0.25, 0.3) is 0 Å². The van der Waals surface area contributed by atoms with Crippen LogP contribution in [0.15, 0.2) is 6.07 Å². The Labute approximate surface area is 95.3 Å². The van der Waals surface area contributed by atoms with Gasteiger partial charge in [0.05, 0.1) is 6.10 Å². The summed E-state index contributed by atoms with van der Waals surface area (Å²) in [6.45, 7) is 5.54. The lowest BCUT2D eigenvalue weighted by Gasteiger charge is -2.18. The molecule has 1 unspecified atom stereocenters. The van der Waals surface area contributed by atoms with Gasteiger partial charge < -0.3 is 15.7 Å². The summed E-state index contributed by atoms with van der Waals surface area (Å²) in [6, 6.07) is 1.77. The monoisotopic (exact) mass is 222 g/mol. The van der Waals surface area contributed by atoms with Crippen molar-refractivity contribution in [2.75, 3.05) is 23.7 Å². The van der Waals surface area contributed by atoms with Crippen molar-refractivity contribution in [3.63, 3.8) is 0 Å². The van der Waals surface area contributed by atoms with Crippen molar-refractivity contribution in [2.45, 2.75) is 32.3 Å².